The molecule has 0 aliphatic carbocycles. The predicted molar refractivity (Wildman–Crippen MR) is 92.6 cm³/mol. The summed E-state index contributed by atoms with van der Waals surface area (Å²) in [5.41, 5.74) is 0.637. The molecule has 25 heavy (non-hydrogen) atoms. The zero-order chi connectivity index (χ0) is 17.8. The lowest BCUT2D eigenvalue weighted by molar-refractivity contribution is -0.147. The standard InChI is InChI=1S/C19H25NO5/c1-2-3-4-11-24-13-7-5-12(6-8-13)20-18(21)16-14-9-10-15(25-14)17(16)19(22)23/h5-8,14-17H,2-4,9-11H2,1H3,(H,20,21)(H,22,23)/t14-,15+,16?,17?/m1/s1. The van der Waals surface area contributed by atoms with Crippen LogP contribution in [0.5, 0.6) is 5.75 Å². The third-order valence-corrected chi connectivity index (χ3v) is 5.00. The van der Waals surface area contributed by atoms with E-state index < -0.39 is 17.8 Å². The minimum Gasteiger partial charge on any atom is -0.494 e. The normalized spacial score (nSPS) is 27.2. The summed E-state index contributed by atoms with van der Waals surface area (Å²) in [5, 5.41) is 12.2. The van der Waals surface area contributed by atoms with Gasteiger partial charge in [0.1, 0.15) is 5.75 Å². The van der Waals surface area contributed by atoms with Gasteiger partial charge in [0.2, 0.25) is 5.91 Å². The molecule has 0 saturated carbocycles. The molecule has 6 nitrogen and oxygen atoms in total. The van der Waals surface area contributed by atoms with Crippen LogP contribution < -0.4 is 10.1 Å². The van der Waals surface area contributed by atoms with Gasteiger partial charge in [-0.05, 0) is 43.5 Å². The molecule has 6 heteroatoms. The number of hydrogen-bond acceptors (Lipinski definition) is 4. The summed E-state index contributed by atoms with van der Waals surface area (Å²) < 4.78 is 11.3. The van der Waals surface area contributed by atoms with Crippen LogP contribution in [0.25, 0.3) is 0 Å². The number of anilines is 1. The van der Waals surface area contributed by atoms with Crippen LogP contribution in [0.4, 0.5) is 5.69 Å². The summed E-state index contributed by atoms with van der Waals surface area (Å²) in [6.45, 7) is 2.83. The van der Waals surface area contributed by atoms with E-state index in [1.165, 1.54) is 0 Å². The number of unbranched alkanes of at least 4 members (excludes halogenated alkanes) is 2. The van der Waals surface area contributed by atoms with Crippen LogP contribution in [0, 0.1) is 11.8 Å². The molecule has 2 unspecified atom stereocenters. The molecule has 1 amide bonds. The number of ether oxygens (including phenoxy) is 2. The summed E-state index contributed by atoms with van der Waals surface area (Å²) >= 11 is 0. The molecule has 2 aliphatic rings. The van der Waals surface area contributed by atoms with E-state index in [1.807, 2.05) is 12.1 Å². The van der Waals surface area contributed by atoms with Gasteiger partial charge in [0.25, 0.3) is 0 Å². The number of benzene rings is 1. The van der Waals surface area contributed by atoms with Gasteiger partial charge in [-0.2, -0.15) is 0 Å². The minimum atomic E-state index is -0.955. The van der Waals surface area contributed by atoms with Gasteiger partial charge in [-0.25, -0.2) is 0 Å². The largest absolute Gasteiger partial charge is 0.494 e. The number of nitrogens with one attached hydrogen (secondary N) is 1. The number of fused-ring (bicyclic) bond motifs is 2. The molecule has 0 spiro atoms. The van der Waals surface area contributed by atoms with Crippen LogP contribution in [0.3, 0.4) is 0 Å². The number of rotatable bonds is 8. The Kier molecular flexibility index (Phi) is 5.58. The van der Waals surface area contributed by atoms with Crippen molar-refractivity contribution < 1.29 is 24.2 Å². The quantitative estimate of drug-likeness (QED) is 0.706. The van der Waals surface area contributed by atoms with Gasteiger partial charge in [0, 0.05) is 5.69 Å². The highest BCUT2D eigenvalue weighted by Crippen LogP contribution is 2.44. The van der Waals surface area contributed by atoms with E-state index in [2.05, 4.69) is 12.2 Å². The maximum absolute atomic E-state index is 12.6. The monoisotopic (exact) mass is 347 g/mol. The van der Waals surface area contributed by atoms with Gasteiger partial charge in [-0.3, -0.25) is 9.59 Å². The summed E-state index contributed by atoms with van der Waals surface area (Å²) in [6, 6.07) is 7.18. The molecule has 2 heterocycles. The number of carboxylic acid groups (broad SMARTS) is 1. The second-order valence-electron chi connectivity index (χ2n) is 6.75. The third kappa shape index (κ3) is 3.95. The van der Waals surface area contributed by atoms with Gasteiger partial charge < -0.3 is 19.9 Å². The zero-order valence-electron chi connectivity index (χ0n) is 14.4. The lowest BCUT2D eigenvalue weighted by atomic mass is 9.78. The first-order chi connectivity index (χ1) is 12.1. The first-order valence-electron chi connectivity index (χ1n) is 9.02. The lowest BCUT2D eigenvalue weighted by Gasteiger charge is -2.23. The van der Waals surface area contributed by atoms with Crippen molar-refractivity contribution in [3.8, 4) is 5.75 Å². The van der Waals surface area contributed by atoms with Crippen LogP contribution in [-0.4, -0.2) is 35.8 Å². The highest BCUT2D eigenvalue weighted by Gasteiger charge is 2.55. The van der Waals surface area contributed by atoms with Crippen molar-refractivity contribution in [2.75, 3.05) is 11.9 Å². The number of aliphatic carboxylic acids is 1. The van der Waals surface area contributed by atoms with Crippen molar-refractivity contribution in [3.05, 3.63) is 24.3 Å². The maximum Gasteiger partial charge on any atom is 0.310 e. The number of carbonyl (C=O) groups is 2. The van der Waals surface area contributed by atoms with Crippen LogP contribution in [-0.2, 0) is 14.3 Å². The Morgan fingerprint density at radius 2 is 1.84 bits per heavy atom. The fraction of sp³-hybridized carbons (Fsp3) is 0.579. The highest BCUT2D eigenvalue weighted by molar-refractivity contribution is 5.96. The molecule has 2 fully saturated rings. The predicted octanol–water partition coefficient (Wildman–Crippen LogP) is 3.07. The molecule has 2 N–H and O–H groups in total. The maximum atomic E-state index is 12.6. The average Bonchev–Trinajstić information content (AvgIpc) is 3.21. The molecule has 3 rings (SSSR count). The van der Waals surface area contributed by atoms with E-state index in [1.54, 1.807) is 12.1 Å². The third-order valence-electron chi connectivity index (χ3n) is 5.00. The Morgan fingerprint density at radius 3 is 2.48 bits per heavy atom. The fourth-order valence-electron chi connectivity index (χ4n) is 3.73. The van der Waals surface area contributed by atoms with Crippen LogP contribution in [0.1, 0.15) is 39.0 Å². The van der Waals surface area contributed by atoms with Crippen LogP contribution >= 0.6 is 0 Å². The van der Waals surface area contributed by atoms with Gasteiger partial charge in [-0.15, -0.1) is 0 Å². The molecule has 136 valence electrons. The summed E-state index contributed by atoms with van der Waals surface area (Å²) in [5.74, 6) is -1.85. The molecular formula is C19H25NO5. The summed E-state index contributed by atoms with van der Waals surface area (Å²) in [7, 11) is 0. The van der Waals surface area contributed by atoms with Gasteiger partial charge >= 0.3 is 5.97 Å². The Balaban J connectivity index is 1.56. The molecule has 2 bridgehead atoms. The number of carboxylic acids is 1. The Bertz CT molecular complexity index is 615. The molecule has 1 aromatic rings. The molecule has 0 radical (unpaired) electrons. The molecule has 4 atom stereocenters. The molecular weight excluding hydrogens is 322 g/mol. The van der Waals surface area contributed by atoms with Crippen LogP contribution in [0.2, 0.25) is 0 Å². The molecule has 2 saturated heterocycles. The molecule has 2 aliphatic heterocycles. The van der Waals surface area contributed by atoms with E-state index >= 15 is 0 Å². The van der Waals surface area contributed by atoms with Crippen molar-refractivity contribution in [2.45, 2.75) is 51.2 Å². The number of amides is 1. The smallest absolute Gasteiger partial charge is 0.310 e. The fourth-order valence-corrected chi connectivity index (χ4v) is 3.73. The molecule has 0 aromatic heterocycles. The van der Waals surface area contributed by atoms with E-state index in [0.717, 1.165) is 37.9 Å². The summed E-state index contributed by atoms with van der Waals surface area (Å²) in [6.07, 6.45) is 4.16. The highest BCUT2D eigenvalue weighted by atomic mass is 16.5. The lowest BCUT2D eigenvalue weighted by Crippen LogP contribution is -2.40. The van der Waals surface area contributed by atoms with Crippen LogP contribution in [0.15, 0.2) is 24.3 Å². The molecule has 1 aromatic carbocycles. The van der Waals surface area contributed by atoms with Crippen molar-refractivity contribution in [1.82, 2.24) is 0 Å². The van der Waals surface area contributed by atoms with E-state index in [-0.39, 0.29) is 18.1 Å². The first-order valence-corrected chi connectivity index (χ1v) is 9.02. The first kappa shape index (κ1) is 17.7. The van der Waals surface area contributed by atoms with Gasteiger partial charge in [-0.1, -0.05) is 19.8 Å². The summed E-state index contributed by atoms with van der Waals surface area (Å²) in [4.78, 5) is 24.0. The Hall–Kier alpha value is -2.08. The van der Waals surface area contributed by atoms with Gasteiger partial charge in [0.05, 0.1) is 30.7 Å². The SMILES string of the molecule is CCCCCOc1ccc(NC(=O)C2C(C(=O)O)[C@@H]3CC[C@H]2O3)cc1. The average molecular weight is 347 g/mol. The Morgan fingerprint density at radius 1 is 1.16 bits per heavy atom. The van der Waals surface area contributed by atoms with Crippen molar-refractivity contribution >= 4 is 17.6 Å². The second kappa shape index (κ2) is 7.87. The van der Waals surface area contributed by atoms with Crippen molar-refractivity contribution in [3.63, 3.8) is 0 Å². The number of carbonyl (C=O) groups excluding carboxylic acids is 1. The van der Waals surface area contributed by atoms with E-state index in [9.17, 15) is 14.7 Å². The number of hydrogen-bond donors (Lipinski definition) is 2. The zero-order valence-corrected chi connectivity index (χ0v) is 14.4. The second-order valence-corrected chi connectivity index (χ2v) is 6.75. The van der Waals surface area contributed by atoms with Crippen molar-refractivity contribution in [2.24, 2.45) is 11.8 Å². The van der Waals surface area contributed by atoms with Gasteiger partial charge in [0.15, 0.2) is 0 Å². The van der Waals surface area contributed by atoms with E-state index in [0.29, 0.717) is 12.3 Å². The van der Waals surface area contributed by atoms with E-state index in [4.69, 9.17) is 9.47 Å². The minimum absolute atomic E-state index is 0.281. The van der Waals surface area contributed by atoms with Crippen molar-refractivity contribution in [1.29, 1.82) is 0 Å². The Labute approximate surface area is 147 Å². The topological polar surface area (TPSA) is 84.9 Å².